The molecule has 0 aliphatic carbocycles. The van der Waals surface area contributed by atoms with Gasteiger partial charge in [0.25, 0.3) is 0 Å². The van der Waals surface area contributed by atoms with Gasteiger partial charge in [0.15, 0.2) is 0 Å². The minimum Gasteiger partial charge on any atom is -0.383 e. The zero-order valence-electron chi connectivity index (χ0n) is 16.2. The zero-order chi connectivity index (χ0) is 19.6. The van der Waals surface area contributed by atoms with E-state index in [1.807, 2.05) is 54.6 Å². The van der Waals surface area contributed by atoms with E-state index in [-0.39, 0.29) is 24.9 Å². The molecule has 8 nitrogen and oxygen atoms in total. The van der Waals surface area contributed by atoms with Crippen molar-refractivity contribution in [3.63, 3.8) is 0 Å². The normalized spacial score (nSPS) is 10.4. The number of aromatic nitrogens is 4. The second-order valence-electron chi connectivity index (χ2n) is 6.24. The van der Waals surface area contributed by atoms with Crippen molar-refractivity contribution in [2.75, 3.05) is 32.1 Å². The summed E-state index contributed by atoms with van der Waals surface area (Å²) < 4.78 is 4.93. The Morgan fingerprint density at radius 2 is 1.86 bits per heavy atom. The predicted octanol–water partition coefficient (Wildman–Crippen LogP) is 2.18. The number of nitrogens with zero attached hydrogens (tertiary/aromatic N) is 4. The van der Waals surface area contributed by atoms with Gasteiger partial charge in [-0.1, -0.05) is 42.5 Å². The van der Waals surface area contributed by atoms with Crippen LogP contribution in [-0.2, 0) is 22.5 Å². The number of hydrogen-bond donors (Lipinski definition) is 2. The fraction of sp³-hybridized carbons (Fsp3) is 0.300. The van der Waals surface area contributed by atoms with Gasteiger partial charge in [-0.2, -0.15) is 4.80 Å². The van der Waals surface area contributed by atoms with Crippen molar-refractivity contribution in [3.8, 4) is 11.4 Å². The van der Waals surface area contributed by atoms with Crippen molar-refractivity contribution in [1.29, 1.82) is 0 Å². The molecule has 1 heterocycles. The molecule has 0 atom stereocenters. The van der Waals surface area contributed by atoms with Gasteiger partial charge < -0.3 is 15.4 Å². The van der Waals surface area contributed by atoms with E-state index in [0.717, 1.165) is 23.2 Å². The molecule has 2 N–H and O–H groups in total. The van der Waals surface area contributed by atoms with Crippen LogP contribution in [0.25, 0.3) is 11.4 Å². The maximum absolute atomic E-state index is 11.8. The summed E-state index contributed by atoms with van der Waals surface area (Å²) in [6.07, 6.45) is 0.775. The Kier molecular flexibility index (Phi) is 9.23. The minimum atomic E-state index is -0.0795. The first-order valence-electron chi connectivity index (χ1n) is 9.16. The van der Waals surface area contributed by atoms with Gasteiger partial charge in [0.05, 0.1) is 19.7 Å². The summed E-state index contributed by atoms with van der Waals surface area (Å²) in [5.74, 6) is 0.543. The highest BCUT2D eigenvalue weighted by Gasteiger charge is 2.06. The van der Waals surface area contributed by atoms with Gasteiger partial charge in [0, 0.05) is 24.9 Å². The number of hydrogen-bond acceptors (Lipinski definition) is 6. The van der Waals surface area contributed by atoms with E-state index in [0.29, 0.717) is 25.5 Å². The maximum Gasteiger partial charge on any atom is 0.238 e. The lowest BCUT2D eigenvalue weighted by atomic mass is 10.1. The highest BCUT2D eigenvalue weighted by Crippen LogP contribution is 2.13. The molecule has 1 amide bonds. The molecule has 0 radical (unpaired) electrons. The van der Waals surface area contributed by atoms with Crippen molar-refractivity contribution in [1.82, 2.24) is 25.5 Å². The van der Waals surface area contributed by atoms with Crippen LogP contribution in [0.1, 0.15) is 5.56 Å². The van der Waals surface area contributed by atoms with Crippen LogP contribution in [0.3, 0.4) is 0 Å². The number of carbonyl (C=O) groups is 1. The Labute approximate surface area is 176 Å². The highest BCUT2D eigenvalue weighted by molar-refractivity contribution is 5.92. The first kappa shape index (κ1) is 22.5. The Bertz CT molecular complexity index is 870. The number of ether oxygens (including phenoxy) is 1. The Hall–Kier alpha value is -2.81. The van der Waals surface area contributed by atoms with Crippen LogP contribution in [0.2, 0.25) is 0 Å². The fourth-order valence-electron chi connectivity index (χ4n) is 2.61. The van der Waals surface area contributed by atoms with Gasteiger partial charge >= 0.3 is 0 Å². The quantitative estimate of drug-likeness (QED) is 0.492. The van der Waals surface area contributed by atoms with Gasteiger partial charge in [0.2, 0.25) is 11.7 Å². The highest BCUT2D eigenvalue weighted by atomic mass is 35.5. The van der Waals surface area contributed by atoms with E-state index in [9.17, 15) is 4.79 Å². The largest absolute Gasteiger partial charge is 0.383 e. The van der Waals surface area contributed by atoms with Gasteiger partial charge in [-0.05, 0) is 29.3 Å². The van der Waals surface area contributed by atoms with E-state index >= 15 is 0 Å². The first-order chi connectivity index (χ1) is 13.7. The smallest absolute Gasteiger partial charge is 0.238 e. The van der Waals surface area contributed by atoms with E-state index in [4.69, 9.17) is 4.74 Å². The molecule has 154 valence electrons. The number of benzene rings is 2. The molecule has 0 saturated heterocycles. The van der Waals surface area contributed by atoms with Gasteiger partial charge in [-0.3, -0.25) is 4.79 Å². The monoisotopic (exact) mass is 416 g/mol. The average Bonchev–Trinajstić information content (AvgIpc) is 3.20. The van der Waals surface area contributed by atoms with E-state index in [2.05, 4.69) is 26.0 Å². The molecule has 2 aromatic carbocycles. The summed E-state index contributed by atoms with van der Waals surface area (Å²) in [5, 5.41) is 18.5. The molecule has 3 rings (SSSR count). The zero-order valence-corrected chi connectivity index (χ0v) is 17.1. The van der Waals surface area contributed by atoms with Crippen molar-refractivity contribution >= 4 is 24.0 Å². The van der Waals surface area contributed by atoms with Crippen molar-refractivity contribution in [3.05, 3.63) is 60.2 Å². The summed E-state index contributed by atoms with van der Waals surface area (Å²) in [6.45, 7) is 2.11. The Balaban J connectivity index is 0.00000300. The number of tetrazole rings is 1. The van der Waals surface area contributed by atoms with Crippen molar-refractivity contribution in [2.45, 2.75) is 13.0 Å². The number of anilines is 1. The van der Waals surface area contributed by atoms with E-state index in [1.165, 1.54) is 0 Å². The molecule has 0 saturated carbocycles. The molecule has 9 heteroatoms. The lowest BCUT2D eigenvalue weighted by Crippen LogP contribution is -2.30. The van der Waals surface area contributed by atoms with Crippen LogP contribution in [0, 0.1) is 0 Å². The number of carbonyl (C=O) groups excluding carboxylic acids is 1. The predicted molar refractivity (Wildman–Crippen MR) is 114 cm³/mol. The minimum absolute atomic E-state index is 0. The number of halogens is 1. The molecule has 0 bridgehead atoms. The SMILES string of the molecule is COCCNCC(=O)Nc1ccc(CCn2nnc(-c3ccccc3)n2)cc1.Cl. The molecule has 29 heavy (non-hydrogen) atoms. The topological polar surface area (TPSA) is 94.0 Å². The summed E-state index contributed by atoms with van der Waals surface area (Å²) in [7, 11) is 1.63. The van der Waals surface area contributed by atoms with Crippen LogP contribution < -0.4 is 10.6 Å². The lowest BCUT2D eigenvalue weighted by molar-refractivity contribution is -0.115. The molecule has 0 unspecified atom stereocenters. The number of rotatable bonds is 10. The lowest BCUT2D eigenvalue weighted by Gasteiger charge is -2.07. The molecular formula is C20H25ClN6O2. The van der Waals surface area contributed by atoms with Crippen LogP contribution >= 0.6 is 12.4 Å². The number of methoxy groups -OCH3 is 1. The van der Waals surface area contributed by atoms with E-state index < -0.39 is 0 Å². The second-order valence-corrected chi connectivity index (χ2v) is 6.24. The Morgan fingerprint density at radius 3 is 2.59 bits per heavy atom. The number of aryl methyl sites for hydroxylation is 2. The standard InChI is InChI=1S/C20H24N6O2.ClH/c1-28-14-12-21-15-19(27)22-18-9-7-16(8-10-18)11-13-26-24-20(23-25-26)17-5-3-2-4-6-17;/h2-10,21H,11-15H2,1H3,(H,22,27);1H. The van der Waals surface area contributed by atoms with Crippen LogP contribution in [0.5, 0.6) is 0 Å². The van der Waals surface area contributed by atoms with Crippen LogP contribution in [0.15, 0.2) is 54.6 Å². The summed E-state index contributed by atoms with van der Waals surface area (Å²) in [6, 6.07) is 17.5. The van der Waals surface area contributed by atoms with Crippen LogP contribution in [-0.4, -0.2) is 52.9 Å². The third-order valence-electron chi connectivity index (χ3n) is 4.09. The van der Waals surface area contributed by atoms with Crippen molar-refractivity contribution < 1.29 is 9.53 Å². The molecule has 1 aromatic heterocycles. The van der Waals surface area contributed by atoms with E-state index in [1.54, 1.807) is 11.9 Å². The van der Waals surface area contributed by atoms with Gasteiger partial charge in [0.1, 0.15) is 0 Å². The third-order valence-corrected chi connectivity index (χ3v) is 4.09. The molecular weight excluding hydrogens is 392 g/mol. The fourth-order valence-corrected chi connectivity index (χ4v) is 2.61. The molecule has 0 aliphatic heterocycles. The molecule has 0 aliphatic rings. The average molecular weight is 417 g/mol. The van der Waals surface area contributed by atoms with Gasteiger partial charge in [-0.15, -0.1) is 22.6 Å². The summed E-state index contributed by atoms with van der Waals surface area (Å²) in [4.78, 5) is 13.5. The summed E-state index contributed by atoms with van der Waals surface area (Å²) in [5.41, 5.74) is 2.85. The summed E-state index contributed by atoms with van der Waals surface area (Å²) >= 11 is 0. The van der Waals surface area contributed by atoms with Crippen molar-refractivity contribution in [2.24, 2.45) is 0 Å². The second kappa shape index (κ2) is 11.9. The first-order valence-corrected chi connectivity index (χ1v) is 9.16. The molecule has 0 fully saturated rings. The molecule has 0 spiro atoms. The maximum atomic E-state index is 11.8. The Morgan fingerprint density at radius 1 is 1.10 bits per heavy atom. The molecule has 3 aromatic rings. The van der Waals surface area contributed by atoms with Gasteiger partial charge in [-0.25, -0.2) is 0 Å². The number of nitrogens with one attached hydrogen (secondary N) is 2. The third kappa shape index (κ3) is 7.26. The number of amides is 1. The van der Waals surface area contributed by atoms with Crippen LogP contribution in [0.4, 0.5) is 5.69 Å².